The highest BCUT2D eigenvalue weighted by molar-refractivity contribution is 5.77. The molecule has 4 nitrogen and oxygen atoms in total. The summed E-state index contributed by atoms with van der Waals surface area (Å²) in [6.45, 7) is 0. The molecule has 0 aliphatic rings. The standard InChI is InChI=1S/C7F4N3O/c8-3-2(1-15)4(9)6(11)7(5(3)10)13-14-12. The molecule has 0 fully saturated rings. The molecule has 0 atom stereocenters. The van der Waals surface area contributed by atoms with Gasteiger partial charge in [-0.05, 0) is 5.53 Å². The zero-order chi connectivity index (χ0) is 11.6. The second-order valence-corrected chi connectivity index (χ2v) is 2.27. The summed E-state index contributed by atoms with van der Waals surface area (Å²) in [5, 5.41) is 2.42. The lowest BCUT2D eigenvalue weighted by Crippen LogP contribution is -2.02. The summed E-state index contributed by atoms with van der Waals surface area (Å²) < 4.78 is 51.3. The maximum Gasteiger partial charge on any atom is 0.239 e. The molecule has 0 bridgehead atoms. The fourth-order valence-corrected chi connectivity index (χ4v) is 0.842. The number of carbonyl (C=O) groups excluding carboxylic acids is 1. The van der Waals surface area contributed by atoms with Crippen molar-refractivity contribution >= 4 is 12.0 Å². The fraction of sp³-hybridized carbons (Fsp3) is 0. The van der Waals surface area contributed by atoms with Crippen LogP contribution >= 0.6 is 0 Å². The average molecular weight is 218 g/mol. The lowest BCUT2D eigenvalue weighted by molar-refractivity contribution is 0.451. The highest BCUT2D eigenvalue weighted by atomic mass is 19.2. The summed E-state index contributed by atoms with van der Waals surface area (Å²) in [4.78, 5) is 12.0. The minimum atomic E-state index is -1.95. The van der Waals surface area contributed by atoms with Crippen LogP contribution < -0.4 is 0 Å². The summed E-state index contributed by atoms with van der Waals surface area (Å²) in [5.41, 5.74) is 4.90. The van der Waals surface area contributed by atoms with Gasteiger partial charge in [-0.25, -0.2) is 17.6 Å². The van der Waals surface area contributed by atoms with Crippen LogP contribution in [0.3, 0.4) is 0 Å². The molecule has 77 valence electrons. The van der Waals surface area contributed by atoms with Crippen LogP contribution in [0, 0.1) is 23.3 Å². The van der Waals surface area contributed by atoms with Gasteiger partial charge in [0.2, 0.25) is 6.29 Å². The van der Waals surface area contributed by atoms with E-state index < -0.39 is 34.5 Å². The molecule has 0 aliphatic heterocycles. The maximum absolute atomic E-state index is 12.9. The molecule has 1 radical (unpaired) electrons. The Hall–Kier alpha value is -2.08. The molecule has 0 saturated carbocycles. The zero-order valence-electron chi connectivity index (χ0n) is 6.76. The third kappa shape index (κ3) is 1.62. The molecule has 0 aliphatic carbocycles. The third-order valence-electron chi connectivity index (χ3n) is 1.49. The molecule has 1 rings (SSSR count). The quantitative estimate of drug-likeness (QED) is 0.247. The Balaban J connectivity index is 3.73. The fourth-order valence-electron chi connectivity index (χ4n) is 0.842. The number of rotatable bonds is 2. The Bertz CT molecular complexity index is 453. The summed E-state index contributed by atoms with van der Waals surface area (Å²) in [7, 11) is 0. The van der Waals surface area contributed by atoms with Crippen molar-refractivity contribution in [1.29, 1.82) is 0 Å². The van der Waals surface area contributed by atoms with E-state index in [1.165, 1.54) is 0 Å². The van der Waals surface area contributed by atoms with Crippen molar-refractivity contribution in [1.82, 2.24) is 0 Å². The molecule has 0 aromatic heterocycles. The molecule has 0 N–H and O–H groups in total. The van der Waals surface area contributed by atoms with Gasteiger partial charge in [-0.1, -0.05) is 5.11 Å². The molecule has 0 saturated heterocycles. The van der Waals surface area contributed by atoms with Crippen molar-refractivity contribution in [3.8, 4) is 0 Å². The third-order valence-corrected chi connectivity index (χ3v) is 1.49. The van der Waals surface area contributed by atoms with E-state index >= 15 is 0 Å². The molecular weight excluding hydrogens is 218 g/mol. The largest absolute Gasteiger partial charge is 0.285 e. The molecule has 8 heteroatoms. The number of benzene rings is 1. The van der Waals surface area contributed by atoms with Gasteiger partial charge < -0.3 is 0 Å². The highest BCUT2D eigenvalue weighted by Crippen LogP contribution is 2.29. The summed E-state index contributed by atoms with van der Waals surface area (Å²) in [6.07, 6.45) is 0.700. The van der Waals surface area contributed by atoms with E-state index in [0.717, 1.165) is 0 Å². The van der Waals surface area contributed by atoms with E-state index in [1.54, 1.807) is 0 Å². The van der Waals surface area contributed by atoms with Gasteiger partial charge in [0, 0.05) is 4.91 Å². The van der Waals surface area contributed by atoms with Crippen LogP contribution in [-0.4, -0.2) is 6.29 Å². The number of hydrogen-bond donors (Lipinski definition) is 0. The van der Waals surface area contributed by atoms with Crippen LogP contribution in [0.4, 0.5) is 23.2 Å². The first-order valence-electron chi connectivity index (χ1n) is 3.33. The van der Waals surface area contributed by atoms with Crippen LogP contribution in [0.25, 0.3) is 10.4 Å². The van der Waals surface area contributed by atoms with E-state index in [1.807, 2.05) is 4.91 Å². The van der Waals surface area contributed by atoms with Gasteiger partial charge in [-0.2, -0.15) is 0 Å². The normalized spacial score (nSPS) is 9.60. The molecule has 1 aromatic carbocycles. The van der Waals surface area contributed by atoms with Gasteiger partial charge >= 0.3 is 0 Å². The molecule has 0 spiro atoms. The second kappa shape index (κ2) is 3.97. The molecule has 1 aromatic rings. The molecular formula is C7F4N3O. The highest BCUT2D eigenvalue weighted by Gasteiger charge is 2.24. The smallest absolute Gasteiger partial charge is 0.239 e. The topological polar surface area (TPSA) is 65.8 Å². The van der Waals surface area contributed by atoms with Gasteiger partial charge in [-0.15, -0.1) is 0 Å². The van der Waals surface area contributed by atoms with Crippen molar-refractivity contribution in [2.24, 2.45) is 5.11 Å². The lowest BCUT2D eigenvalue weighted by Gasteiger charge is -2.03. The van der Waals surface area contributed by atoms with Crippen LogP contribution in [0.15, 0.2) is 5.11 Å². The van der Waals surface area contributed by atoms with E-state index in [9.17, 15) is 22.4 Å². The van der Waals surface area contributed by atoms with Crippen LogP contribution in [0.5, 0.6) is 0 Å². The first-order chi connectivity index (χ1) is 7.04. The Labute approximate surface area is 79.8 Å². The Morgan fingerprint density at radius 2 is 1.53 bits per heavy atom. The molecule has 15 heavy (non-hydrogen) atoms. The van der Waals surface area contributed by atoms with Gasteiger partial charge in [0.25, 0.3) is 0 Å². The molecule has 0 amide bonds. The Morgan fingerprint density at radius 1 is 1.07 bits per heavy atom. The minimum Gasteiger partial charge on any atom is -0.285 e. The summed E-state index contributed by atoms with van der Waals surface area (Å²) in [5.74, 6) is -7.78. The molecule has 0 heterocycles. The van der Waals surface area contributed by atoms with Gasteiger partial charge in [0.05, 0.1) is 0 Å². The van der Waals surface area contributed by atoms with Crippen molar-refractivity contribution in [3.63, 3.8) is 0 Å². The first-order valence-corrected chi connectivity index (χ1v) is 3.33. The minimum absolute atomic E-state index is 0.700. The van der Waals surface area contributed by atoms with Crippen LogP contribution in [0.2, 0.25) is 0 Å². The van der Waals surface area contributed by atoms with Crippen molar-refractivity contribution in [2.75, 3.05) is 0 Å². The SMILES string of the molecule is [N-]=[N+]=Nc1c(F)c(F)c([C]=O)c(F)c1F. The maximum atomic E-state index is 12.9. The van der Waals surface area contributed by atoms with Crippen molar-refractivity contribution in [3.05, 3.63) is 39.3 Å². The zero-order valence-corrected chi connectivity index (χ0v) is 6.76. The van der Waals surface area contributed by atoms with E-state index in [-0.39, 0.29) is 0 Å². The summed E-state index contributed by atoms with van der Waals surface area (Å²) >= 11 is 0. The van der Waals surface area contributed by atoms with E-state index in [0.29, 0.717) is 6.29 Å². The van der Waals surface area contributed by atoms with Gasteiger partial charge in [0.15, 0.2) is 23.3 Å². The van der Waals surface area contributed by atoms with Crippen molar-refractivity contribution < 1.29 is 22.4 Å². The number of hydrogen-bond acceptors (Lipinski definition) is 2. The van der Waals surface area contributed by atoms with Gasteiger partial charge in [0.1, 0.15) is 11.3 Å². The predicted octanol–water partition coefficient (Wildman–Crippen LogP) is 2.64. The van der Waals surface area contributed by atoms with E-state index in [4.69, 9.17) is 5.53 Å². The Morgan fingerprint density at radius 3 is 1.87 bits per heavy atom. The number of nitrogens with zero attached hydrogens (tertiary/aromatic N) is 3. The van der Waals surface area contributed by atoms with Crippen LogP contribution in [-0.2, 0) is 4.79 Å². The average Bonchev–Trinajstić information content (AvgIpc) is 2.23. The predicted molar refractivity (Wildman–Crippen MR) is 39.9 cm³/mol. The van der Waals surface area contributed by atoms with Crippen LogP contribution in [0.1, 0.15) is 5.56 Å². The second-order valence-electron chi connectivity index (χ2n) is 2.27. The number of azide groups is 1. The van der Waals surface area contributed by atoms with Gasteiger partial charge in [-0.3, -0.25) is 4.79 Å². The van der Waals surface area contributed by atoms with Crippen molar-refractivity contribution in [2.45, 2.75) is 0 Å². The monoisotopic (exact) mass is 218 g/mol. The molecule has 0 unspecified atom stereocenters. The first kappa shape index (κ1) is 11.0. The number of halogens is 4. The Kier molecular flexibility index (Phi) is 2.91. The summed E-state index contributed by atoms with van der Waals surface area (Å²) in [6, 6.07) is 0. The van der Waals surface area contributed by atoms with E-state index in [2.05, 4.69) is 5.11 Å². The lowest BCUT2D eigenvalue weighted by atomic mass is 10.1.